The third-order valence-corrected chi connectivity index (χ3v) is 1.99. The second-order valence-electron chi connectivity index (χ2n) is 4.31. The van der Waals surface area contributed by atoms with E-state index >= 15 is 0 Å². The molecule has 0 aliphatic carbocycles. The van der Waals surface area contributed by atoms with Gasteiger partial charge in [0.05, 0.1) is 13.2 Å². The van der Waals surface area contributed by atoms with Crippen LogP contribution in [0, 0.1) is 0 Å². The molecule has 0 spiro atoms. The first kappa shape index (κ1) is 15.9. The third-order valence-electron chi connectivity index (χ3n) is 1.99. The molecule has 0 aromatic carbocycles. The minimum atomic E-state index is -0.371. The summed E-state index contributed by atoms with van der Waals surface area (Å²) in [6.07, 6.45) is 0.255. The van der Waals surface area contributed by atoms with Gasteiger partial charge in [-0.05, 0) is 20.8 Å². The average molecular weight is 246 g/mol. The van der Waals surface area contributed by atoms with Gasteiger partial charge in [-0.2, -0.15) is 0 Å². The Hall–Kier alpha value is -1.14. The van der Waals surface area contributed by atoms with Crippen molar-refractivity contribution in [3.05, 3.63) is 0 Å². The molecule has 1 amide bonds. The van der Waals surface area contributed by atoms with Gasteiger partial charge in [0, 0.05) is 18.5 Å². The minimum absolute atomic E-state index is 0.0498. The molecule has 17 heavy (non-hydrogen) atoms. The number of rotatable bonds is 9. The second-order valence-corrected chi connectivity index (χ2v) is 4.31. The molecule has 0 aliphatic rings. The highest BCUT2D eigenvalue weighted by Gasteiger charge is 2.19. The van der Waals surface area contributed by atoms with Crippen molar-refractivity contribution < 1.29 is 19.1 Å². The maximum Gasteiger partial charge on any atom is 0.332 e. The van der Waals surface area contributed by atoms with Crippen molar-refractivity contribution in [1.82, 2.24) is 5.32 Å². The molecule has 0 aliphatic heterocycles. The lowest BCUT2D eigenvalue weighted by atomic mass is 10.0. The highest BCUT2D eigenvalue weighted by molar-refractivity contribution is 5.75. The molecular formula is C11H22N2O4. The van der Waals surface area contributed by atoms with Gasteiger partial charge in [-0.25, -0.2) is 4.79 Å². The number of hydrogen-bond donors (Lipinski definition) is 2. The summed E-state index contributed by atoms with van der Waals surface area (Å²) in [5, 5.41) is 3.12. The maximum atomic E-state index is 10.9. The molecule has 0 heterocycles. The number of amides is 1. The Labute approximate surface area is 102 Å². The molecule has 3 N–H and O–H groups in total. The number of hydrogen-bond acceptors (Lipinski definition) is 5. The minimum Gasteiger partial charge on any atom is -0.464 e. The first-order valence-corrected chi connectivity index (χ1v) is 5.64. The van der Waals surface area contributed by atoms with E-state index in [4.69, 9.17) is 15.2 Å². The van der Waals surface area contributed by atoms with Gasteiger partial charge in [0.15, 0.2) is 0 Å². The molecule has 0 saturated heterocycles. The Balaban J connectivity index is 3.57. The van der Waals surface area contributed by atoms with Crippen molar-refractivity contribution in [2.45, 2.75) is 32.7 Å². The topological polar surface area (TPSA) is 90.7 Å². The smallest absolute Gasteiger partial charge is 0.332 e. The number of nitrogens with two attached hydrogens (primary N) is 1. The molecular weight excluding hydrogens is 224 g/mol. The molecule has 0 aromatic heterocycles. The van der Waals surface area contributed by atoms with Crippen LogP contribution >= 0.6 is 0 Å². The molecule has 6 nitrogen and oxygen atoms in total. The predicted molar refractivity (Wildman–Crippen MR) is 63.3 cm³/mol. The highest BCUT2D eigenvalue weighted by Crippen LogP contribution is 2.06. The van der Waals surface area contributed by atoms with Crippen LogP contribution in [-0.2, 0) is 19.1 Å². The lowest BCUT2D eigenvalue weighted by Gasteiger charge is -2.24. The number of carbonyl (C=O) groups is 2. The van der Waals surface area contributed by atoms with Crippen LogP contribution in [-0.4, -0.2) is 43.8 Å². The summed E-state index contributed by atoms with van der Waals surface area (Å²) in [6, 6.07) is 0. The Bertz CT molecular complexity index is 254. The molecule has 0 unspecified atom stereocenters. The highest BCUT2D eigenvalue weighted by atomic mass is 16.6. The van der Waals surface area contributed by atoms with Crippen molar-refractivity contribution in [3.8, 4) is 0 Å². The zero-order valence-electron chi connectivity index (χ0n) is 10.7. The van der Waals surface area contributed by atoms with Crippen LogP contribution < -0.4 is 11.1 Å². The number of nitrogens with one attached hydrogen (secondary N) is 1. The Morgan fingerprint density at radius 2 is 2.00 bits per heavy atom. The molecule has 6 heteroatoms. The zero-order chi connectivity index (χ0) is 13.3. The van der Waals surface area contributed by atoms with Crippen LogP contribution in [0.3, 0.4) is 0 Å². The molecule has 0 bridgehead atoms. The maximum absolute atomic E-state index is 10.9. The van der Waals surface area contributed by atoms with E-state index in [9.17, 15) is 9.59 Å². The second kappa shape index (κ2) is 8.03. The zero-order valence-corrected chi connectivity index (χ0v) is 10.7. The van der Waals surface area contributed by atoms with E-state index < -0.39 is 0 Å². The van der Waals surface area contributed by atoms with Gasteiger partial charge < -0.3 is 20.5 Å². The summed E-state index contributed by atoms with van der Waals surface area (Å²) in [5.41, 5.74) is 4.75. The molecule has 100 valence electrons. The number of carbonyl (C=O) groups excluding carboxylic acids is 2. The van der Waals surface area contributed by atoms with Crippen molar-refractivity contribution in [3.63, 3.8) is 0 Å². The van der Waals surface area contributed by atoms with Gasteiger partial charge in [0.25, 0.3) is 0 Å². The molecule has 0 aromatic rings. The molecule has 0 saturated carbocycles. The third kappa shape index (κ3) is 9.77. The van der Waals surface area contributed by atoms with Gasteiger partial charge in [-0.1, -0.05) is 0 Å². The largest absolute Gasteiger partial charge is 0.464 e. The summed E-state index contributed by atoms with van der Waals surface area (Å²) >= 11 is 0. The fourth-order valence-corrected chi connectivity index (χ4v) is 1.32. The lowest BCUT2D eigenvalue weighted by Crippen LogP contribution is -2.44. The normalized spacial score (nSPS) is 11.2. The van der Waals surface area contributed by atoms with Crippen LogP contribution in [0.4, 0.5) is 0 Å². The number of esters is 1. The van der Waals surface area contributed by atoms with E-state index in [1.54, 1.807) is 6.92 Å². The Morgan fingerprint density at radius 1 is 1.35 bits per heavy atom. The fraction of sp³-hybridized carbons (Fsp3) is 0.818. The molecule has 0 fully saturated rings. The predicted octanol–water partition coefficient (Wildman–Crippen LogP) is -0.190. The number of ether oxygens (including phenoxy) is 2. The SMILES string of the molecule is CCOC(=O)COCCNC(C)(C)CC(N)=O. The van der Waals surface area contributed by atoms with Gasteiger partial charge in [0.1, 0.15) is 6.61 Å². The molecule has 0 radical (unpaired) electrons. The van der Waals surface area contributed by atoms with E-state index in [0.717, 1.165) is 0 Å². The van der Waals surface area contributed by atoms with Crippen molar-refractivity contribution in [2.75, 3.05) is 26.4 Å². The molecule has 0 atom stereocenters. The Morgan fingerprint density at radius 3 is 2.53 bits per heavy atom. The van der Waals surface area contributed by atoms with Crippen LogP contribution in [0.2, 0.25) is 0 Å². The van der Waals surface area contributed by atoms with Crippen molar-refractivity contribution in [1.29, 1.82) is 0 Å². The van der Waals surface area contributed by atoms with E-state index in [1.807, 2.05) is 13.8 Å². The van der Waals surface area contributed by atoms with Crippen molar-refractivity contribution >= 4 is 11.9 Å². The van der Waals surface area contributed by atoms with E-state index in [0.29, 0.717) is 19.8 Å². The van der Waals surface area contributed by atoms with E-state index in [-0.39, 0.29) is 30.4 Å². The monoisotopic (exact) mass is 246 g/mol. The van der Waals surface area contributed by atoms with Crippen molar-refractivity contribution in [2.24, 2.45) is 5.73 Å². The summed E-state index contributed by atoms with van der Waals surface area (Å²) < 4.78 is 9.79. The van der Waals surface area contributed by atoms with Crippen LogP contribution in [0.25, 0.3) is 0 Å². The quantitative estimate of drug-likeness (QED) is 0.434. The lowest BCUT2D eigenvalue weighted by molar-refractivity contribution is -0.148. The summed E-state index contributed by atoms with van der Waals surface area (Å²) in [6.45, 7) is 6.72. The number of primary amides is 1. The first-order valence-electron chi connectivity index (χ1n) is 5.64. The van der Waals surface area contributed by atoms with Gasteiger partial charge in [0.2, 0.25) is 5.91 Å². The van der Waals surface area contributed by atoms with Gasteiger partial charge in [-0.15, -0.1) is 0 Å². The first-order chi connectivity index (χ1) is 7.87. The standard InChI is InChI=1S/C11H22N2O4/c1-4-17-10(15)8-16-6-5-13-11(2,3)7-9(12)14/h13H,4-8H2,1-3H3,(H2,12,14). The van der Waals surface area contributed by atoms with Crippen LogP contribution in [0.15, 0.2) is 0 Å². The van der Waals surface area contributed by atoms with Crippen LogP contribution in [0.5, 0.6) is 0 Å². The molecule has 0 rings (SSSR count). The fourth-order valence-electron chi connectivity index (χ4n) is 1.32. The van der Waals surface area contributed by atoms with E-state index in [2.05, 4.69) is 5.32 Å². The summed E-state index contributed by atoms with van der Waals surface area (Å²) in [4.78, 5) is 21.7. The van der Waals surface area contributed by atoms with Gasteiger partial charge >= 0.3 is 5.97 Å². The van der Waals surface area contributed by atoms with E-state index in [1.165, 1.54) is 0 Å². The Kier molecular flexibility index (Phi) is 7.49. The van der Waals surface area contributed by atoms with Gasteiger partial charge in [-0.3, -0.25) is 4.79 Å². The summed E-state index contributed by atoms with van der Waals surface area (Å²) in [7, 11) is 0. The average Bonchev–Trinajstić information content (AvgIpc) is 2.15. The van der Waals surface area contributed by atoms with Crippen LogP contribution in [0.1, 0.15) is 27.2 Å². The summed E-state index contributed by atoms with van der Waals surface area (Å²) in [5.74, 6) is -0.723.